The number of fused-ring (bicyclic) bond motifs is 13. The molecule has 11 rings (SSSR count). The molecule has 0 nitrogen and oxygen atoms in total. The SMILES string of the molecule is C1=CC2=CC=C(c3cc4c(c5ccccc35)-c3ccc(-c5ccc6ccccc6c5)cc3C43c4ccccc4Sc4ccccc43)CC2C=C1. The summed E-state index contributed by atoms with van der Waals surface area (Å²) in [5, 5.41) is 5.20. The van der Waals surface area contributed by atoms with Crippen molar-refractivity contribution < 1.29 is 0 Å². The molecule has 3 aliphatic carbocycles. The van der Waals surface area contributed by atoms with Crippen LogP contribution in [0.15, 0.2) is 191 Å². The van der Waals surface area contributed by atoms with E-state index in [4.69, 9.17) is 0 Å². The fraction of sp³-hybridized carbons (Fsp3) is 0.0612. The van der Waals surface area contributed by atoms with Crippen LogP contribution in [0, 0.1) is 5.92 Å². The Morgan fingerprint density at radius 2 is 1.22 bits per heavy atom. The fourth-order valence-electron chi connectivity index (χ4n) is 9.23. The van der Waals surface area contributed by atoms with Gasteiger partial charge in [0.25, 0.3) is 0 Å². The minimum Gasteiger partial charge on any atom is -0.0894 e. The second kappa shape index (κ2) is 10.7. The summed E-state index contributed by atoms with van der Waals surface area (Å²) in [7, 11) is 0. The van der Waals surface area contributed by atoms with Gasteiger partial charge in [0.1, 0.15) is 0 Å². The van der Waals surface area contributed by atoms with Gasteiger partial charge in [0, 0.05) is 15.7 Å². The molecule has 0 amide bonds. The van der Waals surface area contributed by atoms with Gasteiger partial charge < -0.3 is 0 Å². The molecule has 1 aliphatic heterocycles. The van der Waals surface area contributed by atoms with Crippen LogP contribution in [0.4, 0.5) is 0 Å². The predicted octanol–water partition coefficient (Wildman–Crippen LogP) is 12.9. The lowest BCUT2D eigenvalue weighted by atomic mass is 9.66. The van der Waals surface area contributed by atoms with Crippen LogP contribution in [0.2, 0.25) is 0 Å². The molecule has 7 aromatic rings. The molecule has 234 valence electrons. The van der Waals surface area contributed by atoms with Crippen molar-refractivity contribution in [1.29, 1.82) is 0 Å². The highest BCUT2D eigenvalue weighted by atomic mass is 32.2. The van der Waals surface area contributed by atoms with Crippen LogP contribution >= 0.6 is 11.8 Å². The number of allylic oxidation sites excluding steroid dienone is 8. The van der Waals surface area contributed by atoms with Crippen molar-refractivity contribution in [1.82, 2.24) is 0 Å². The van der Waals surface area contributed by atoms with Crippen LogP contribution in [-0.4, -0.2) is 0 Å². The van der Waals surface area contributed by atoms with Crippen molar-refractivity contribution in [2.24, 2.45) is 5.92 Å². The zero-order valence-corrected chi connectivity index (χ0v) is 28.3. The molecule has 1 atom stereocenters. The summed E-state index contributed by atoms with van der Waals surface area (Å²) < 4.78 is 0. The fourth-order valence-corrected chi connectivity index (χ4v) is 10.4. The molecule has 7 aromatic carbocycles. The van der Waals surface area contributed by atoms with E-state index in [0.717, 1.165) is 6.42 Å². The van der Waals surface area contributed by atoms with Gasteiger partial charge in [0.2, 0.25) is 0 Å². The molecule has 0 saturated heterocycles. The van der Waals surface area contributed by atoms with Gasteiger partial charge in [-0.05, 0) is 120 Å². The van der Waals surface area contributed by atoms with Gasteiger partial charge in [-0.1, -0.05) is 157 Å². The lowest BCUT2D eigenvalue weighted by molar-refractivity contribution is 0.722. The summed E-state index contributed by atoms with van der Waals surface area (Å²) in [6.07, 6.45) is 14.7. The van der Waals surface area contributed by atoms with Crippen molar-refractivity contribution >= 4 is 38.9 Å². The van der Waals surface area contributed by atoms with Crippen molar-refractivity contribution in [3.63, 3.8) is 0 Å². The standard InChI is InChI=1S/C49H32S/c1-3-13-33-27-35(23-21-31(33)11-1)36-25-26-40-44(29-36)49(42-17-7-9-19-46(42)50-47-20-10-8-18-43(47)49)45-30-41(38-15-5-6-16-39(38)48(40)45)37-24-22-32-12-2-4-14-34(32)28-37/h1-27,29-30,34H,28H2. The zero-order valence-electron chi connectivity index (χ0n) is 27.4. The van der Waals surface area contributed by atoms with Crippen LogP contribution in [0.3, 0.4) is 0 Å². The average molecular weight is 653 g/mol. The zero-order chi connectivity index (χ0) is 32.8. The molecule has 1 unspecified atom stereocenters. The first-order chi connectivity index (χ1) is 24.8. The van der Waals surface area contributed by atoms with Crippen molar-refractivity contribution in [2.75, 3.05) is 0 Å². The van der Waals surface area contributed by atoms with Crippen molar-refractivity contribution in [3.8, 4) is 22.3 Å². The predicted molar refractivity (Wildman–Crippen MR) is 211 cm³/mol. The molecule has 0 fully saturated rings. The largest absolute Gasteiger partial charge is 0.0894 e. The average Bonchev–Trinajstić information content (AvgIpc) is 3.47. The highest BCUT2D eigenvalue weighted by molar-refractivity contribution is 7.99. The summed E-state index contributed by atoms with van der Waals surface area (Å²) in [6, 6.07) is 52.9. The molecule has 50 heavy (non-hydrogen) atoms. The highest BCUT2D eigenvalue weighted by Crippen LogP contribution is 2.64. The Hall–Kier alpha value is -5.63. The third-order valence-electron chi connectivity index (χ3n) is 11.5. The maximum atomic E-state index is 2.59. The van der Waals surface area contributed by atoms with Gasteiger partial charge in [0.05, 0.1) is 5.41 Å². The van der Waals surface area contributed by atoms with Crippen LogP contribution in [0.5, 0.6) is 0 Å². The van der Waals surface area contributed by atoms with Gasteiger partial charge in [-0.3, -0.25) is 0 Å². The summed E-state index contributed by atoms with van der Waals surface area (Å²) in [5.74, 6) is 0.412. The molecule has 0 radical (unpaired) electrons. The third kappa shape index (κ3) is 3.90. The normalized spacial score (nSPS) is 17.5. The molecule has 0 aromatic heterocycles. The molecule has 0 bridgehead atoms. The molecule has 0 saturated carbocycles. The van der Waals surface area contributed by atoms with Crippen LogP contribution in [-0.2, 0) is 5.41 Å². The molecule has 1 spiro atoms. The van der Waals surface area contributed by atoms with Crippen LogP contribution in [0.25, 0.3) is 49.4 Å². The Labute approximate surface area is 296 Å². The van der Waals surface area contributed by atoms with Crippen molar-refractivity contribution in [3.05, 3.63) is 209 Å². The van der Waals surface area contributed by atoms with Gasteiger partial charge in [-0.15, -0.1) is 0 Å². The number of hydrogen-bond acceptors (Lipinski definition) is 1. The Balaban J connectivity index is 1.25. The van der Waals surface area contributed by atoms with Gasteiger partial charge in [-0.2, -0.15) is 0 Å². The lowest BCUT2D eigenvalue weighted by Crippen LogP contribution is -2.32. The topological polar surface area (TPSA) is 0 Å². The summed E-state index contributed by atoms with van der Waals surface area (Å²) in [4.78, 5) is 2.67. The van der Waals surface area contributed by atoms with E-state index >= 15 is 0 Å². The van der Waals surface area contributed by atoms with Gasteiger partial charge in [0.15, 0.2) is 0 Å². The molecule has 4 aliphatic rings. The Morgan fingerprint density at radius 3 is 2.06 bits per heavy atom. The van der Waals surface area contributed by atoms with Crippen LogP contribution < -0.4 is 0 Å². The molecular formula is C49H32S. The van der Waals surface area contributed by atoms with E-state index < -0.39 is 5.41 Å². The first-order valence-corrected chi connectivity index (χ1v) is 18.4. The minimum absolute atomic E-state index is 0.412. The maximum Gasteiger partial charge on any atom is 0.0736 e. The molecule has 1 heterocycles. The molecule has 0 N–H and O–H groups in total. The number of rotatable bonds is 2. The minimum atomic E-state index is -0.460. The van der Waals surface area contributed by atoms with E-state index in [2.05, 4.69) is 176 Å². The highest BCUT2D eigenvalue weighted by Gasteiger charge is 2.51. The third-order valence-corrected chi connectivity index (χ3v) is 12.6. The first-order valence-electron chi connectivity index (χ1n) is 17.6. The molecule has 1 heteroatoms. The lowest BCUT2D eigenvalue weighted by Gasteiger charge is -2.40. The maximum absolute atomic E-state index is 2.59. The summed E-state index contributed by atoms with van der Waals surface area (Å²) >= 11 is 1.91. The quantitative estimate of drug-likeness (QED) is 0.179. The van der Waals surface area contributed by atoms with Gasteiger partial charge >= 0.3 is 0 Å². The second-order valence-corrected chi connectivity index (χ2v) is 15.1. The van der Waals surface area contributed by atoms with Gasteiger partial charge in [-0.25, -0.2) is 0 Å². The molecular weight excluding hydrogens is 621 g/mol. The second-order valence-electron chi connectivity index (χ2n) is 14.0. The van der Waals surface area contributed by atoms with E-state index in [1.54, 1.807) is 0 Å². The number of benzene rings is 7. The Bertz CT molecular complexity index is 2670. The Kier molecular flexibility index (Phi) is 6.03. The van der Waals surface area contributed by atoms with E-state index in [1.807, 2.05) is 11.8 Å². The van der Waals surface area contributed by atoms with E-state index in [0.29, 0.717) is 5.92 Å². The van der Waals surface area contributed by atoms with E-state index in [9.17, 15) is 0 Å². The number of hydrogen-bond donors (Lipinski definition) is 0. The first kappa shape index (κ1) is 28.2. The summed E-state index contributed by atoms with van der Waals surface area (Å²) in [5.41, 5.74) is 14.4. The summed E-state index contributed by atoms with van der Waals surface area (Å²) in [6.45, 7) is 0. The monoisotopic (exact) mass is 652 g/mol. The van der Waals surface area contributed by atoms with E-state index in [-0.39, 0.29) is 0 Å². The smallest absolute Gasteiger partial charge is 0.0736 e. The van der Waals surface area contributed by atoms with E-state index in [1.165, 1.54) is 92.6 Å². The van der Waals surface area contributed by atoms with Crippen LogP contribution in [0.1, 0.15) is 34.2 Å². The Morgan fingerprint density at radius 1 is 0.520 bits per heavy atom. The van der Waals surface area contributed by atoms with Crippen molar-refractivity contribution in [2.45, 2.75) is 21.6 Å².